The Bertz CT molecular complexity index is 555. The molecule has 7 heteroatoms. The Hall–Kier alpha value is -1.63. The molecule has 0 radical (unpaired) electrons. The summed E-state index contributed by atoms with van der Waals surface area (Å²) in [4.78, 5) is 32.6. The number of aryl methyl sites for hydroxylation is 2. The molecule has 0 bridgehead atoms. The van der Waals surface area contributed by atoms with Crippen molar-refractivity contribution < 1.29 is 14.3 Å². The second-order valence-corrected chi connectivity index (χ2v) is 6.49. The highest BCUT2D eigenvalue weighted by Crippen LogP contribution is 2.17. The van der Waals surface area contributed by atoms with Crippen LogP contribution in [0, 0.1) is 26.7 Å². The maximum absolute atomic E-state index is 12.1. The van der Waals surface area contributed by atoms with E-state index in [4.69, 9.17) is 4.74 Å². The molecule has 1 amide bonds. The number of hydrogen-bond acceptors (Lipinski definition) is 6. The maximum Gasteiger partial charge on any atom is 0.328 e. The van der Waals surface area contributed by atoms with Crippen LogP contribution in [0.4, 0.5) is 0 Å². The van der Waals surface area contributed by atoms with Gasteiger partial charge in [-0.15, -0.1) is 0 Å². The summed E-state index contributed by atoms with van der Waals surface area (Å²) in [5, 5.41) is 3.31. The molecular formula is C16H25N3O3S. The summed E-state index contributed by atoms with van der Waals surface area (Å²) < 4.78 is 4.76. The number of rotatable bonds is 7. The number of hydrogen-bond donors (Lipinski definition) is 1. The van der Waals surface area contributed by atoms with E-state index in [1.165, 1.54) is 18.9 Å². The number of carbonyl (C=O) groups is 2. The van der Waals surface area contributed by atoms with Crippen LogP contribution in [-0.4, -0.2) is 40.7 Å². The molecule has 0 aliphatic heterocycles. The lowest BCUT2D eigenvalue weighted by Crippen LogP contribution is -2.46. The molecule has 0 saturated heterocycles. The van der Waals surface area contributed by atoms with Gasteiger partial charge in [0.05, 0.1) is 12.9 Å². The molecule has 23 heavy (non-hydrogen) atoms. The van der Waals surface area contributed by atoms with Crippen molar-refractivity contribution in [1.82, 2.24) is 15.3 Å². The Labute approximate surface area is 141 Å². The predicted octanol–water partition coefficient (Wildman–Crippen LogP) is 2.20. The summed E-state index contributed by atoms with van der Waals surface area (Å²) in [6.07, 6.45) is 0.770. The zero-order chi connectivity index (χ0) is 17.6. The van der Waals surface area contributed by atoms with Crippen LogP contribution in [0.3, 0.4) is 0 Å². The highest BCUT2D eigenvalue weighted by Gasteiger charge is 2.26. The summed E-state index contributed by atoms with van der Waals surface area (Å²) in [5.41, 5.74) is 2.88. The minimum absolute atomic E-state index is 0.0107. The van der Waals surface area contributed by atoms with Gasteiger partial charge in [-0.2, -0.15) is 0 Å². The highest BCUT2D eigenvalue weighted by molar-refractivity contribution is 7.99. The second-order valence-electron chi connectivity index (χ2n) is 5.54. The monoisotopic (exact) mass is 339 g/mol. The molecule has 1 rings (SSSR count). The SMILES string of the molecule is CC[C@@H](C)[C@H](NC(=O)CSc1nc(C)c(C)c(C)n1)C(=O)OC. The van der Waals surface area contributed by atoms with E-state index in [9.17, 15) is 9.59 Å². The van der Waals surface area contributed by atoms with Crippen molar-refractivity contribution in [1.29, 1.82) is 0 Å². The fourth-order valence-corrected chi connectivity index (χ4v) is 2.69. The normalized spacial score (nSPS) is 13.3. The summed E-state index contributed by atoms with van der Waals surface area (Å²) in [6, 6.07) is -0.625. The molecule has 1 aromatic rings. The number of esters is 1. The number of nitrogens with zero attached hydrogens (tertiary/aromatic N) is 2. The first kappa shape index (κ1) is 19.4. The number of ether oxygens (including phenoxy) is 1. The molecule has 0 fully saturated rings. The van der Waals surface area contributed by atoms with Crippen molar-refractivity contribution >= 4 is 23.6 Å². The topological polar surface area (TPSA) is 81.2 Å². The Kier molecular flexibility index (Phi) is 7.48. The molecule has 6 nitrogen and oxygen atoms in total. The Morgan fingerprint density at radius 3 is 2.26 bits per heavy atom. The fourth-order valence-electron chi connectivity index (χ4n) is 1.95. The van der Waals surface area contributed by atoms with Crippen molar-refractivity contribution in [3.8, 4) is 0 Å². The lowest BCUT2D eigenvalue weighted by Gasteiger charge is -2.21. The Balaban J connectivity index is 2.67. The number of aromatic nitrogens is 2. The maximum atomic E-state index is 12.1. The van der Waals surface area contributed by atoms with E-state index < -0.39 is 12.0 Å². The van der Waals surface area contributed by atoms with Gasteiger partial charge in [0.25, 0.3) is 0 Å². The summed E-state index contributed by atoms with van der Waals surface area (Å²) in [5.74, 6) is -0.482. The van der Waals surface area contributed by atoms with Crippen LogP contribution in [0.1, 0.15) is 37.2 Å². The van der Waals surface area contributed by atoms with Crippen molar-refractivity contribution in [3.63, 3.8) is 0 Å². The van der Waals surface area contributed by atoms with Gasteiger partial charge in [-0.1, -0.05) is 32.0 Å². The molecule has 0 aliphatic rings. The van der Waals surface area contributed by atoms with Crippen LogP contribution >= 0.6 is 11.8 Å². The van der Waals surface area contributed by atoms with E-state index >= 15 is 0 Å². The van der Waals surface area contributed by atoms with Crippen LogP contribution in [0.25, 0.3) is 0 Å². The Morgan fingerprint density at radius 2 is 1.78 bits per heavy atom. The van der Waals surface area contributed by atoms with Crippen LogP contribution in [0.5, 0.6) is 0 Å². The zero-order valence-electron chi connectivity index (χ0n) is 14.6. The van der Waals surface area contributed by atoms with Crippen molar-refractivity contribution in [2.75, 3.05) is 12.9 Å². The van der Waals surface area contributed by atoms with E-state index in [2.05, 4.69) is 15.3 Å². The van der Waals surface area contributed by atoms with E-state index in [0.29, 0.717) is 5.16 Å². The first-order valence-corrected chi connectivity index (χ1v) is 8.60. The standard InChI is InChI=1S/C16H25N3O3S/c1-7-9(2)14(15(21)22-6)19-13(20)8-23-16-17-11(4)10(3)12(5)18-16/h9,14H,7-8H2,1-6H3,(H,19,20)/t9-,14+/m1/s1. The first-order chi connectivity index (χ1) is 10.8. The third-order valence-electron chi connectivity index (χ3n) is 3.93. The van der Waals surface area contributed by atoms with Crippen LogP contribution in [0.15, 0.2) is 5.16 Å². The van der Waals surface area contributed by atoms with Crippen LogP contribution < -0.4 is 5.32 Å². The largest absolute Gasteiger partial charge is 0.467 e. The van der Waals surface area contributed by atoms with Crippen molar-refractivity contribution in [3.05, 3.63) is 17.0 Å². The minimum atomic E-state index is -0.625. The lowest BCUT2D eigenvalue weighted by atomic mass is 9.99. The van der Waals surface area contributed by atoms with Gasteiger partial charge >= 0.3 is 5.97 Å². The third kappa shape index (κ3) is 5.49. The molecule has 0 unspecified atom stereocenters. The number of methoxy groups -OCH3 is 1. The number of carbonyl (C=O) groups excluding carboxylic acids is 2. The fraction of sp³-hybridized carbons (Fsp3) is 0.625. The average Bonchev–Trinajstić information content (AvgIpc) is 2.53. The van der Waals surface area contributed by atoms with Gasteiger partial charge in [0.15, 0.2) is 5.16 Å². The van der Waals surface area contributed by atoms with Gasteiger partial charge in [-0.3, -0.25) is 4.79 Å². The van der Waals surface area contributed by atoms with Gasteiger partial charge in [-0.25, -0.2) is 14.8 Å². The lowest BCUT2D eigenvalue weighted by molar-refractivity contribution is -0.146. The average molecular weight is 339 g/mol. The molecule has 0 aromatic carbocycles. The third-order valence-corrected chi connectivity index (χ3v) is 4.78. The van der Waals surface area contributed by atoms with Gasteiger partial charge in [0.1, 0.15) is 6.04 Å². The predicted molar refractivity (Wildman–Crippen MR) is 90.4 cm³/mol. The van der Waals surface area contributed by atoms with Gasteiger partial charge in [0.2, 0.25) is 5.91 Å². The van der Waals surface area contributed by atoms with E-state index in [1.54, 1.807) is 0 Å². The molecule has 2 atom stereocenters. The van der Waals surface area contributed by atoms with Crippen LogP contribution in [-0.2, 0) is 14.3 Å². The minimum Gasteiger partial charge on any atom is -0.467 e. The molecule has 128 valence electrons. The number of amides is 1. The van der Waals surface area contributed by atoms with Crippen molar-refractivity contribution in [2.45, 2.75) is 52.2 Å². The van der Waals surface area contributed by atoms with Gasteiger partial charge in [0, 0.05) is 11.4 Å². The zero-order valence-corrected chi connectivity index (χ0v) is 15.4. The molecule has 1 heterocycles. The number of thioether (sulfide) groups is 1. The molecule has 0 spiro atoms. The molecule has 0 aliphatic carbocycles. The van der Waals surface area contributed by atoms with Crippen molar-refractivity contribution in [2.24, 2.45) is 5.92 Å². The van der Waals surface area contributed by atoms with Gasteiger partial charge in [-0.05, 0) is 32.3 Å². The molecule has 1 aromatic heterocycles. The molecule has 0 saturated carbocycles. The van der Waals surface area contributed by atoms with E-state index in [0.717, 1.165) is 23.4 Å². The van der Waals surface area contributed by atoms with E-state index in [-0.39, 0.29) is 17.6 Å². The summed E-state index contributed by atoms with van der Waals surface area (Å²) >= 11 is 1.26. The Morgan fingerprint density at radius 1 is 1.22 bits per heavy atom. The second kappa shape index (κ2) is 8.86. The van der Waals surface area contributed by atoms with Crippen LogP contribution in [0.2, 0.25) is 0 Å². The van der Waals surface area contributed by atoms with E-state index in [1.807, 2.05) is 34.6 Å². The first-order valence-electron chi connectivity index (χ1n) is 7.61. The smallest absolute Gasteiger partial charge is 0.328 e. The number of nitrogens with one attached hydrogen (secondary N) is 1. The summed E-state index contributed by atoms with van der Waals surface area (Å²) in [6.45, 7) is 9.69. The van der Waals surface area contributed by atoms with Gasteiger partial charge < -0.3 is 10.1 Å². The quantitative estimate of drug-likeness (QED) is 0.466. The molecular weight excluding hydrogens is 314 g/mol. The summed E-state index contributed by atoms with van der Waals surface area (Å²) in [7, 11) is 1.32. The molecule has 1 N–H and O–H groups in total. The highest BCUT2D eigenvalue weighted by atomic mass is 32.2.